The monoisotopic (exact) mass is 275 g/mol. The van der Waals surface area contributed by atoms with Crippen LogP contribution in [0.3, 0.4) is 0 Å². The topological polar surface area (TPSA) is 68.0 Å². The van der Waals surface area contributed by atoms with Crippen LogP contribution in [0.1, 0.15) is 67.9 Å². The summed E-state index contributed by atoms with van der Waals surface area (Å²) in [6.07, 6.45) is 6.41. The Morgan fingerprint density at radius 3 is 2.75 bits per heavy atom. The quantitative estimate of drug-likeness (QED) is 0.867. The van der Waals surface area contributed by atoms with Crippen LogP contribution in [0.2, 0.25) is 0 Å². The second kappa shape index (κ2) is 6.73. The van der Waals surface area contributed by atoms with Crippen molar-refractivity contribution in [2.24, 2.45) is 5.92 Å². The van der Waals surface area contributed by atoms with Crippen LogP contribution in [0.25, 0.3) is 0 Å². The standard InChI is InChI=1S/C16H25N3O/c1-11(2)14-9-13(10-15(17)19-14)16(20)18-8-7-12-5-3-4-6-12/h9-12H,3-8H2,1-2H3,(H2,17,19)(H,18,20). The SMILES string of the molecule is CC(C)c1cc(C(=O)NCCC2CCCC2)cc(N)n1. The maximum atomic E-state index is 12.2. The summed E-state index contributed by atoms with van der Waals surface area (Å²) in [4.78, 5) is 16.4. The summed E-state index contributed by atoms with van der Waals surface area (Å²) in [6.45, 7) is 4.84. The molecule has 1 aromatic heterocycles. The van der Waals surface area contributed by atoms with Gasteiger partial charge in [0, 0.05) is 17.8 Å². The largest absolute Gasteiger partial charge is 0.384 e. The summed E-state index contributed by atoms with van der Waals surface area (Å²) >= 11 is 0. The minimum atomic E-state index is -0.0426. The number of carbonyl (C=O) groups is 1. The first-order valence-electron chi connectivity index (χ1n) is 7.62. The third-order valence-corrected chi connectivity index (χ3v) is 4.03. The molecule has 0 bridgehead atoms. The fourth-order valence-corrected chi connectivity index (χ4v) is 2.79. The zero-order valence-corrected chi connectivity index (χ0v) is 12.5. The van der Waals surface area contributed by atoms with Crippen LogP contribution in [0.15, 0.2) is 12.1 Å². The lowest BCUT2D eigenvalue weighted by atomic mass is 10.0. The molecule has 0 radical (unpaired) electrons. The van der Waals surface area contributed by atoms with Crippen LogP contribution in [0.5, 0.6) is 0 Å². The predicted molar refractivity (Wildman–Crippen MR) is 81.6 cm³/mol. The first kappa shape index (κ1) is 14.8. The van der Waals surface area contributed by atoms with E-state index < -0.39 is 0 Å². The average Bonchev–Trinajstić information content (AvgIpc) is 2.91. The van der Waals surface area contributed by atoms with E-state index in [1.54, 1.807) is 6.07 Å². The van der Waals surface area contributed by atoms with Crippen LogP contribution in [0, 0.1) is 5.92 Å². The zero-order chi connectivity index (χ0) is 14.5. The molecule has 20 heavy (non-hydrogen) atoms. The lowest BCUT2D eigenvalue weighted by Gasteiger charge is -2.11. The lowest BCUT2D eigenvalue weighted by Crippen LogP contribution is -2.26. The van der Waals surface area contributed by atoms with E-state index in [0.717, 1.165) is 24.6 Å². The van der Waals surface area contributed by atoms with Gasteiger partial charge in [0.2, 0.25) is 0 Å². The van der Waals surface area contributed by atoms with E-state index in [0.29, 0.717) is 11.4 Å². The van der Waals surface area contributed by atoms with E-state index in [4.69, 9.17) is 5.73 Å². The molecule has 0 aromatic carbocycles. The van der Waals surface area contributed by atoms with Gasteiger partial charge < -0.3 is 11.1 Å². The third kappa shape index (κ3) is 3.95. The number of aromatic nitrogens is 1. The molecule has 0 aliphatic heterocycles. The Bertz CT molecular complexity index is 465. The number of nitrogens with one attached hydrogen (secondary N) is 1. The summed E-state index contributed by atoms with van der Waals surface area (Å²) in [5, 5.41) is 3.00. The molecule has 0 saturated heterocycles. The summed E-state index contributed by atoms with van der Waals surface area (Å²) in [5.74, 6) is 1.43. The Kier molecular flexibility index (Phi) is 4.99. The highest BCUT2D eigenvalue weighted by Crippen LogP contribution is 2.26. The fourth-order valence-electron chi connectivity index (χ4n) is 2.79. The van der Waals surface area contributed by atoms with Gasteiger partial charge in [0.05, 0.1) is 0 Å². The molecule has 1 amide bonds. The normalized spacial score (nSPS) is 15.8. The molecule has 0 unspecified atom stereocenters. The van der Waals surface area contributed by atoms with Crippen molar-refractivity contribution in [1.82, 2.24) is 10.3 Å². The summed E-state index contributed by atoms with van der Waals surface area (Å²) in [5.41, 5.74) is 7.26. The molecule has 1 saturated carbocycles. The number of nitrogens with zero attached hydrogens (tertiary/aromatic N) is 1. The molecule has 1 aliphatic rings. The van der Waals surface area contributed by atoms with Crippen LogP contribution in [0.4, 0.5) is 5.82 Å². The number of rotatable bonds is 5. The van der Waals surface area contributed by atoms with Crippen molar-refractivity contribution in [2.75, 3.05) is 12.3 Å². The van der Waals surface area contributed by atoms with Crippen molar-refractivity contribution in [3.63, 3.8) is 0 Å². The molecule has 1 heterocycles. The minimum absolute atomic E-state index is 0.0426. The average molecular weight is 275 g/mol. The Morgan fingerprint density at radius 1 is 1.40 bits per heavy atom. The number of nitrogens with two attached hydrogens (primary N) is 1. The van der Waals surface area contributed by atoms with Gasteiger partial charge >= 0.3 is 0 Å². The van der Waals surface area contributed by atoms with Gasteiger partial charge in [-0.1, -0.05) is 39.5 Å². The number of pyridine rings is 1. The molecule has 1 fully saturated rings. The van der Waals surface area contributed by atoms with E-state index in [-0.39, 0.29) is 11.8 Å². The molecule has 1 aromatic rings. The second-order valence-corrected chi connectivity index (χ2v) is 6.06. The number of hydrogen-bond donors (Lipinski definition) is 2. The number of anilines is 1. The molecule has 0 spiro atoms. The van der Waals surface area contributed by atoms with Crippen molar-refractivity contribution in [2.45, 2.75) is 51.9 Å². The van der Waals surface area contributed by atoms with E-state index in [2.05, 4.69) is 10.3 Å². The van der Waals surface area contributed by atoms with Crippen LogP contribution >= 0.6 is 0 Å². The van der Waals surface area contributed by atoms with Crippen LogP contribution in [-0.4, -0.2) is 17.4 Å². The summed E-state index contributed by atoms with van der Waals surface area (Å²) in [7, 11) is 0. The third-order valence-electron chi connectivity index (χ3n) is 4.03. The van der Waals surface area contributed by atoms with Gasteiger partial charge in [0.15, 0.2) is 0 Å². The molecule has 110 valence electrons. The van der Waals surface area contributed by atoms with Gasteiger partial charge in [-0.2, -0.15) is 0 Å². The Labute approximate surface area is 121 Å². The number of nitrogen functional groups attached to an aromatic ring is 1. The summed E-state index contributed by atoms with van der Waals surface area (Å²) < 4.78 is 0. The van der Waals surface area contributed by atoms with E-state index in [1.807, 2.05) is 19.9 Å². The van der Waals surface area contributed by atoms with Gasteiger partial charge in [-0.25, -0.2) is 4.98 Å². The van der Waals surface area contributed by atoms with Crippen LogP contribution in [-0.2, 0) is 0 Å². The Balaban J connectivity index is 1.91. The van der Waals surface area contributed by atoms with E-state index in [1.165, 1.54) is 25.7 Å². The molecule has 1 aliphatic carbocycles. The van der Waals surface area contributed by atoms with Gasteiger partial charge in [-0.15, -0.1) is 0 Å². The van der Waals surface area contributed by atoms with Gasteiger partial charge in [0.25, 0.3) is 5.91 Å². The maximum Gasteiger partial charge on any atom is 0.251 e. The maximum absolute atomic E-state index is 12.2. The van der Waals surface area contributed by atoms with Gasteiger partial charge in [-0.3, -0.25) is 4.79 Å². The minimum Gasteiger partial charge on any atom is -0.384 e. The molecule has 2 rings (SSSR count). The van der Waals surface area contributed by atoms with E-state index in [9.17, 15) is 4.79 Å². The zero-order valence-electron chi connectivity index (χ0n) is 12.5. The van der Waals surface area contributed by atoms with Crippen molar-refractivity contribution in [1.29, 1.82) is 0 Å². The highest BCUT2D eigenvalue weighted by atomic mass is 16.1. The van der Waals surface area contributed by atoms with Crippen molar-refractivity contribution in [3.8, 4) is 0 Å². The summed E-state index contributed by atoms with van der Waals surface area (Å²) in [6, 6.07) is 3.49. The highest BCUT2D eigenvalue weighted by Gasteiger charge is 2.15. The van der Waals surface area contributed by atoms with Crippen LogP contribution < -0.4 is 11.1 Å². The molecule has 3 N–H and O–H groups in total. The fraction of sp³-hybridized carbons (Fsp3) is 0.625. The molecule has 4 nitrogen and oxygen atoms in total. The van der Waals surface area contributed by atoms with Gasteiger partial charge in [-0.05, 0) is 30.4 Å². The predicted octanol–water partition coefficient (Wildman–Crippen LogP) is 3.10. The number of amides is 1. The highest BCUT2D eigenvalue weighted by molar-refractivity contribution is 5.94. The Morgan fingerprint density at radius 2 is 2.10 bits per heavy atom. The number of hydrogen-bond acceptors (Lipinski definition) is 3. The van der Waals surface area contributed by atoms with Crippen molar-refractivity contribution >= 4 is 11.7 Å². The molecule has 0 atom stereocenters. The number of carbonyl (C=O) groups excluding carboxylic acids is 1. The van der Waals surface area contributed by atoms with Crippen molar-refractivity contribution in [3.05, 3.63) is 23.4 Å². The first-order valence-corrected chi connectivity index (χ1v) is 7.62. The van der Waals surface area contributed by atoms with Gasteiger partial charge in [0.1, 0.15) is 5.82 Å². The van der Waals surface area contributed by atoms with E-state index >= 15 is 0 Å². The Hall–Kier alpha value is -1.58. The molecular formula is C16H25N3O. The first-order chi connectivity index (χ1) is 9.56. The second-order valence-electron chi connectivity index (χ2n) is 6.06. The lowest BCUT2D eigenvalue weighted by molar-refractivity contribution is 0.0951. The van der Waals surface area contributed by atoms with Crippen molar-refractivity contribution < 1.29 is 4.79 Å². The molecule has 4 heteroatoms. The molecular weight excluding hydrogens is 250 g/mol. The smallest absolute Gasteiger partial charge is 0.251 e.